The lowest BCUT2D eigenvalue weighted by Crippen LogP contribution is -2.07. The van der Waals surface area contributed by atoms with E-state index in [1.165, 1.54) is 4.88 Å². The number of halogens is 1. The third-order valence-corrected chi connectivity index (χ3v) is 4.20. The predicted molar refractivity (Wildman–Crippen MR) is 78.2 cm³/mol. The molecule has 2 aromatic rings. The Morgan fingerprint density at radius 3 is 2.56 bits per heavy atom. The first-order chi connectivity index (χ1) is 8.47. The lowest BCUT2D eigenvalue weighted by Gasteiger charge is -2.14. The average molecular weight is 276 g/mol. The number of hydrogen-bond acceptors (Lipinski definition) is 2. The van der Waals surface area contributed by atoms with Crippen LogP contribution in [0.5, 0.6) is 0 Å². The third-order valence-electron chi connectivity index (χ3n) is 2.42. The molecule has 0 bridgehead atoms. The summed E-state index contributed by atoms with van der Waals surface area (Å²) in [6, 6.07) is 7.76. The van der Waals surface area contributed by atoms with Crippen LogP contribution in [0, 0.1) is 11.8 Å². The highest BCUT2D eigenvalue weighted by Crippen LogP contribution is 2.35. The molecule has 3 heteroatoms. The third kappa shape index (κ3) is 3.13. The van der Waals surface area contributed by atoms with Gasteiger partial charge in [0.25, 0.3) is 0 Å². The van der Waals surface area contributed by atoms with Gasteiger partial charge in [-0.3, -0.25) is 0 Å². The molecule has 0 saturated heterocycles. The number of rotatable bonds is 0. The molecule has 0 unspecified atom stereocenters. The first kappa shape index (κ1) is 13.1. The summed E-state index contributed by atoms with van der Waals surface area (Å²) in [5.74, 6) is 6.12. The molecule has 1 nitrogen and oxygen atoms in total. The van der Waals surface area contributed by atoms with E-state index >= 15 is 0 Å². The summed E-state index contributed by atoms with van der Waals surface area (Å²) in [7, 11) is 0. The number of thiophene rings is 1. The fourth-order valence-electron chi connectivity index (χ4n) is 1.39. The molecule has 0 aromatic carbocycles. The van der Waals surface area contributed by atoms with Gasteiger partial charge in [-0.05, 0) is 29.5 Å². The van der Waals surface area contributed by atoms with E-state index in [1.54, 1.807) is 17.5 Å². The highest BCUT2D eigenvalue weighted by molar-refractivity contribution is 7.16. The van der Waals surface area contributed by atoms with Crippen LogP contribution in [0.3, 0.4) is 0 Å². The van der Waals surface area contributed by atoms with Gasteiger partial charge in [-0.25, -0.2) is 4.98 Å². The maximum Gasteiger partial charge on any atom is 0.113 e. The highest BCUT2D eigenvalue weighted by atomic mass is 35.5. The summed E-state index contributed by atoms with van der Waals surface area (Å²) < 4.78 is 0.753. The Hall–Kier alpha value is -1.30. The summed E-state index contributed by atoms with van der Waals surface area (Å²) in [5.41, 5.74) is 1.76. The molecular formula is C15H14ClNS. The molecule has 0 aliphatic carbocycles. The van der Waals surface area contributed by atoms with Crippen molar-refractivity contribution in [1.82, 2.24) is 4.98 Å². The van der Waals surface area contributed by atoms with Crippen LogP contribution in [0.2, 0.25) is 4.34 Å². The summed E-state index contributed by atoms with van der Waals surface area (Å²) in [4.78, 5) is 5.41. The molecular weight excluding hydrogens is 262 g/mol. The molecule has 92 valence electrons. The second kappa shape index (κ2) is 5.14. The van der Waals surface area contributed by atoms with E-state index in [1.807, 2.05) is 18.2 Å². The maximum absolute atomic E-state index is 6.21. The lowest BCUT2D eigenvalue weighted by atomic mass is 9.94. The van der Waals surface area contributed by atoms with Crippen molar-refractivity contribution >= 4 is 22.9 Å². The van der Waals surface area contributed by atoms with E-state index in [9.17, 15) is 0 Å². The van der Waals surface area contributed by atoms with Gasteiger partial charge in [0, 0.05) is 11.1 Å². The van der Waals surface area contributed by atoms with Gasteiger partial charge in [-0.2, -0.15) is 0 Å². The number of aromatic nitrogens is 1. The van der Waals surface area contributed by atoms with Crippen LogP contribution >= 0.6 is 22.9 Å². The van der Waals surface area contributed by atoms with Crippen LogP contribution in [0.1, 0.15) is 36.9 Å². The molecule has 0 saturated carbocycles. The minimum atomic E-state index is 0.110. The van der Waals surface area contributed by atoms with Gasteiger partial charge in [0.1, 0.15) is 10.0 Å². The molecule has 2 heterocycles. The van der Waals surface area contributed by atoms with Gasteiger partial charge in [-0.1, -0.05) is 44.4 Å². The molecule has 2 aromatic heterocycles. The topological polar surface area (TPSA) is 12.9 Å². The van der Waals surface area contributed by atoms with Crippen molar-refractivity contribution in [3.63, 3.8) is 0 Å². The molecule has 2 rings (SSSR count). The van der Waals surface area contributed by atoms with Crippen LogP contribution < -0.4 is 0 Å². The van der Waals surface area contributed by atoms with Gasteiger partial charge in [0.2, 0.25) is 0 Å². The van der Waals surface area contributed by atoms with Crippen molar-refractivity contribution in [2.45, 2.75) is 26.2 Å². The van der Waals surface area contributed by atoms with Gasteiger partial charge in [-0.15, -0.1) is 11.3 Å². The Balaban J connectivity index is 2.31. The Bertz CT molecular complexity index is 597. The fraction of sp³-hybridized carbons (Fsp3) is 0.267. The van der Waals surface area contributed by atoms with E-state index < -0.39 is 0 Å². The summed E-state index contributed by atoms with van der Waals surface area (Å²) >= 11 is 7.81. The van der Waals surface area contributed by atoms with Crippen LogP contribution in [0.4, 0.5) is 0 Å². The summed E-state index contributed by atoms with van der Waals surface area (Å²) in [5, 5.41) is 0. The first-order valence-corrected chi connectivity index (χ1v) is 6.89. The molecule has 0 spiro atoms. The minimum Gasteiger partial charge on any atom is -0.248 e. The van der Waals surface area contributed by atoms with Gasteiger partial charge in [0.05, 0.1) is 5.56 Å². The van der Waals surface area contributed by atoms with Crippen LogP contribution in [0.15, 0.2) is 30.5 Å². The van der Waals surface area contributed by atoms with Crippen molar-refractivity contribution < 1.29 is 0 Å². The van der Waals surface area contributed by atoms with Crippen LogP contribution in [0.25, 0.3) is 0 Å². The standard InChI is InChI=1S/C15H14ClNS/c1-15(2,3)13-10-11(14(16)18-13)7-8-12-6-4-5-9-17-12/h4-6,9-10H,1-3H3. The smallest absolute Gasteiger partial charge is 0.113 e. The van der Waals surface area contributed by atoms with E-state index in [0.29, 0.717) is 0 Å². The first-order valence-electron chi connectivity index (χ1n) is 5.70. The normalized spacial score (nSPS) is 10.9. The number of nitrogens with zero attached hydrogens (tertiary/aromatic N) is 1. The van der Waals surface area contributed by atoms with Crippen molar-refractivity contribution in [2.75, 3.05) is 0 Å². The number of hydrogen-bond donors (Lipinski definition) is 0. The number of pyridine rings is 1. The Kier molecular flexibility index (Phi) is 3.75. The van der Waals surface area contributed by atoms with E-state index in [2.05, 4.69) is 43.7 Å². The summed E-state index contributed by atoms with van der Waals surface area (Å²) in [6.07, 6.45) is 1.74. The zero-order valence-corrected chi connectivity index (χ0v) is 12.2. The van der Waals surface area contributed by atoms with Crippen molar-refractivity contribution in [1.29, 1.82) is 0 Å². The van der Waals surface area contributed by atoms with Crippen LogP contribution in [-0.4, -0.2) is 4.98 Å². The second-order valence-electron chi connectivity index (χ2n) is 5.01. The lowest BCUT2D eigenvalue weighted by molar-refractivity contribution is 0.604. The Morgan fingerprint density at radius 2 is 2.00 bits per heavy atom. The molecule has 0 aliphatic heterocycles. The SMILES string of the molecule is CC(C)(C)c1cc(C#Cc2ccccn2)c(Cl)s1. The average Bonchev–Trinajstić information content (AvgIpc) is 2.69. The monoisotopic (exact) mass is 275 g/mol. The van der Waals surface area contributed by atoms with Crippen LogP contribution in [-0.2, 0) is 5.41 Å². The molecule has 0 atom stereocenters. The molecule has 0 fully saturated rings. The Labute approximate surface area is 117 Å². The van der Waals surface area contributed by atoms with Gasteiger partial charge >= 0.3 is 0 Å². The molecule has 18 heavy (non-hydrogen) atoms. The molecule has 0 radical (unpaired) electrons. The zero-order valence-electron chi connectivity index (χ0n) is 10.6. The van der Waals surface area contributed by atoms with Crippen molar-refractivity contribution in [3.8, 4) is 11.8 Å². The van der Waals surface area contributed by atoms with Crippen molar-refractivity contribution in [3.05, 3.63) is 50.9 Å². The van der Waals surface area contributed by atoms with Gasteiger partial charge in [0.15, 0.2) is 0 Å². The molecule has 0 N–H and O–H groups in total. The summed E-state index contributed by atoms with van der Waals surface area (Å²) in [6.45, 7) is 6.52. The van der Waals surface area contributed by atoms with E-state index in [4.69, 9.17) is 11.6 Å². The van der Waals surface area contributed by atoms with E-state index in [-0.39, 0.29) is 5.41 Å². The quantitative estimate of drug-likeness (QED) is 0.646. The zero-order chi connectivity index (χ0) is 13.2. The highest BCUT2D eigenvalue weighted by Gasteiger charge is 2.18. The molecule has 0 aliphatic rings. The maximum atomic E-state index is 6.21. The largest absolute Gasteiger partial charge is 0.248 e. The van der Waals surface area contributed by atoms with Gasteiger partial charge < -0.3 is 0 Å². The molecule has 0 amide bonds. The Morgan fingerprint density at radius 1 is 1.22 bits per heavy atom. The predicted octanol–water partition coefficient (Wildman–Crippen LogP) is 4.49. The fourth-order valence-corrected chi connectivity index (χ4v) is 2.64. The van der Waals surface area contributed by atoms with E-state index in [0.717, 1.165) is 15.6 Å². The van der Waals surface area contributed by atoms with Crippen molar-refractivity contribution in [2.24, 2.45) is 0 Å². The minimum absolute atomic E-state index is 0.110. The second-order valence-corrected chi connectivity index (χ2v) is 6.67.